The summed E-state index contributed by atoms with van der Waals surface area (Å²) in [7, 11) is 0. The van der Waals surface area contributed by atoms with E-state index < -0.39 is 51.4 Å². The summed E-state index contributed by atoms with van der Waals surface area (Å²) in [5.74, 6) is -4.29. The summed E-state index contributed by atoms with van der Waals surface area (Å²) in [5.41, 5.74) is 11.8. The first-order valence-electron chi connectivity index (χ1n) is 13.2. The molecule has 45 heavy (non-hydrogen) atoms. The molecule has 0 saturated carbocycles. The van der Waals surface area contributed by atoms with Crippen molar-refractivity contribution in [3.8, 4) is 0 Å². The molecule has 1 aromatic heterocycles. The highest BCUT2D eigenvalue weighted by molar-refractivity contribution is 5.97. The highest BCUT2D eigenvalue weighted by Gasteiger charge is 2.29. The molecule has 2 amide bonds. The lowest BCUT2D eigenvalue weighted by atomic mass is 9.98. The van der Waals surface area contributed by atoms with Crippen LogP contribution in [0.1, 0.15) is 44.9 Å². The minimum absolute atomic E-state index is 0.000141. The molecule has 1 heterocycles. The summed E-state index contributed by atoms with van der Waals surface area (Å²) in [6, 6.07) is 0. The number of allylic oxidation sites excluding steroid dienone is 3. The predicted octanol–water partition coefficient (Wildman–Crippen LogP) is -0.418. The smallest absolute Gasteiger partial charge is 0.342 e. The van der Waals surface area contributed by atoms with Crippen molar-refractivity contribution in [3.63, 3.8) is 0 Å². The second kappa shape index (κ2) is 17.3. The van der Waals surface area contributed by atoms with Gasteiger partial charge in [-0.2, -0.15) is 0 Å². The van der Waals surface area contributed by atoms with E-state index in [1.54, 1.807) is 19.9 Å². The lowest BCUT2D eigenvalue weighted by Crippen LogP contribution is -2.38. The van der Waals surface area contributed by atoms with Crippen LogP contribution in [0, 0.1) is 33.1 Å². The number of ether oxygens (including phenoxy) is 2. The Hall–Kier alpha value is -5.89. The SMILES string of the molecule is CC1=CC=C([N+](=O)[O-])C1CCOC(=O)CCC(=O)N/C(N)=N/O/N=C(\N)NC(=O)CCC(=O)OCCn1c([N+](=O)[O-])cnc1C. The number of nitrogens with one attached hydrogen (secondary N) is 2. The maximum absolute atomic E-state index is 11.9. The summed E-state index contributed by atoms with van der Waals surface area (Å²) in [4.78, 5) is 76.9. The summed E-state index contributed by atoms with van der Waals surface area (Å²) >= 11 is 0. The van der Waals surface area contributed by atoms with Gasteiger partial charge in [0.1, 0.15) is 19.3 Å². The molecule has 0 spiro atoms. The van der Waals surface area contributed by atoms with E-state index >= 15 is 0 Å². The van der Waals surface area contributed by atoms with Crippen LogP contribution in [0.15, 0.2) is 39.9 Å². The average Bonchev–Trinajstić information content (AvgIpc) is 3.52. The highest BCUT2D eigenvalue weighted by atomic mass is 16.8. The van der Waals surface area contributed by atoms with Crippen molar-refractivity contribution >= 4 is 41.5 Å². The van der Waals surface area contributed by atoms with Crippen molar-refractivity contribution < 1.29 is 43.4 Å². The standard InChI is InChI=1S/C24H32N10O11/c1-14-3-4-17(33(39)40)16(14)9-11-43-21(37)7-5-18(35)28-23(25)30-45-31-24(26)29-19(36)6-8-22(38)44-12-10-32-15(2)27-13-20(32)34(41)42/h3-4,13,16H,5-12H2,1-2H3,(H3,25,28,30,35)(H3,26,29,31,36). The van der Waals surface area contributed by atoms with Crippen molar-refractivity contribution in [2.45, 2.75) is 52.5 Å². The van der Waals surface area contributed by atoms with Crippen molar-refractivity contribution in [2.24, 2.45) is 27.7 Å². The van der Waals surface area contributed by atoms with Crippen LogP contribution in [0.3, 0.4) is 0 Å². The van der Waals surface area contributed by atoms with Crippen molar-refractivity contribution in [3.05, 3.63) is 55.7 Å². The summed E-state index contributed by atoms with van der Waals surface area (Å²) in [6.07, 6.45) is 3.09. The zero-order chi connectivity index (χ0) is 33.5. The molecule has 1 aliphatic carbocycles. The molecule has 1 aliphatic rings. The largest absolute Gasteiger partial charge is 0.466 e. The number of aromatic nitrogens is 2. The molecule has 1 unspecified atom stereocenters. The number of carbonyl (C=O) groups is 4. The van der Waals surface area contributed by atoms with Gasteiger partial charge in [-0.15, -0.1) is 0 Å². The molecule has 0 fully saturated rings. The predicted molar refractivity (Wildman–Crippen MR) is 152 cm³/mol. The van der Waals surface area contributed by atoms with E-state index in [9.17, 15) is 39.4 Å². The molecule has 244 valence electrons. The fourth-order valence-electron chi connectivity index (χ4n) is 3.81. The number of nitrogens with zero attached hydrogens (tertiary/aromatic N) is 6. The molecule has 1 aromatic rings. The van der Waals surface area contributed by atoms with Gasteiger partial charge in [0.25, 0.3) is 5.70 Å². The molecule has 6 N–H and O–H groups in total. The first-order valence-corrected chi connectivity index (χ1v) is 13.2. The summed E-state index contributed by atoms with van der Waals surface area (Å²) < 4.78 is 11.3. The zero-order valence-electron chi connectivity index (χ0n) is 24.3. The molecule has 0 aromatic carbocycles. The number of imidazole rings is 1. The van der Waals surface area contributed by atoms with Crippen LogP contribution in [0.25, 0.3) is 0 Å². The molecule has 21 heteroatoms. The van der Waals surface area contributed by atoms with E-state index in [4.69, 9.17) is 20.9 Å². The zero-order valence-corrected chi connectivity index (χ0v) is 24.3. The van der Waals surface area contributed by atoms with E-state index in [0.29, 0.717) is 5.82 Å². The van der Waals surface area contributed by atoms with E-state index in [1.165, 1.54) is 10.6 Å². The highest BCUT2D eigenvalue weighted by Crippen LogP contribution is 2.29. The van der Waals surface area contributed by atoms with Gasteiger partial charge in [-0.1, -0.05) is 11.6 Å². The monoisotopic (exact) mass is 636 g/mol. The molecule has 21 nitrogen and oxygen atoms in total. The normalized spacial score (nSPS) is 14.6. The summed E-state index contributed by atoms with van der Waals surface area (Å²) in [6.45, 7) is 3.05. The second-order valence-electron chi connectivity index (χ2n) is 9.24. The number of nitro groups is 2. The Kier molecular flexibility index (Phi) is 13.6. The van der Waals surface area contributed by atoms with Crippen LogP contribution in [-0.4, -0.2) is 68.3 Å². The van der Waals surface area contributed by atoms with Crippen LogP contribution in [0.2, 0.25) is 0 Å². The number of hydrogen-bond donors (Lipinski definition) is 4. The lowest BCUT2D eigenvalue weighted by molar-refractivity contribution is -0.432. The van der Waals surface area contributed by atoms with Crippen LogP contribution in [0.5, 0.6) is 0 Å². The molecule has 1 atom stereocenters. The van der Waals surface area contributed by atoms with Gasteiger partial charge in [0.15, 0.2) is 5.82 Å². The third kappa shape index (κ3) is 12.1. The number of carbonyl (C=O) groups excluding carboxylic acids is 4. The van der Waals surface area contributed by atoms with Gasteiger partial charge in [-0.05, 0) is 28.6 Å². The van der Waals surface area contributed by atoms with Crippen LogP contribution >= 0.6 is 0 Å². The number of oxime groups is 2. The van der Waals surface area contributed by atoms with Crippen LogP contribution in [0.4, 0.5) is 5.82 Å². The van der Waals surface area contributed by atoms with Gasteiger partial charge in [0.05, 0.1) is 30.3 Å². The molecule has 2 rings (SSSR count). The number of rotatable bonds is 16. The van der Waals surface area contributed by atoms with Crippen LogP contribution < -0.4 is 22.1 Å². The maximum Gasteiger partial charge on any atom is 0.342 e. The average molecular weight is 637 g/mol. The van der Waals surface area contributed by atoms with Gasteiger partial charge >= 0.3 is 17.8 Å². The Morgan fingerprint density at radius 3 is 2.00 bits per heavy atom. The number of amides is 2. The Morgan fingerprint density at radius 2 is 1.47 bits per heavy atom. The molecular formula is C24H32N10O11. The molecular weight excluding hydrogens is 604 g/mol. The van der Waals surface area contributed by atoms with Gasteiger partial charge in [0, 0.05) is 25.8 Å². The number of nitrogens with two attached hydrogens (primary N) is 2. The van der Waals surface area contributed by atoms with Gasteiger partial charge in [0.2, 0.25) is 23.7 Å². The van der Waals surface area contributed by atoms with Crippen LogP contribution in [-0.2, 0) is 40.1 Å². The minimum Gasteiger partial charge on any atom is -0.466 e. The van der Waals surface area contributed by atoms with Crippen molar-refractivity contribution in [1.29, 1.82) is 0 Å². The molecule has 0 aliphatic heterocycles. The third-order valence-electron chi connectivity index (χ3n) is 6.03. The van der Waals surface area contributed by atoms with Gasteiger partial charge in [-0.25, -0.2) is 14.5 Å². The Bertz CT molecular complexity index is 1430. The summed E-state index contributed by atoms with van der Waals surface area (Å²) in [5, 5.41) is 32.8. The number of guanidine groups is 2. The number of hydrogen-bond acceptors (Lipinski definition) is 14. The third-order valence-corrected chi connectivity index (χ3v) is 6.03. The first-order chi connectivity index (χ1) is 21.3. The quantitative estimate of drug-likeness (QED) is 0.0589. The van der Waals surface area contributed by atoms with Crippen molar-refractivity contribution in [2.75, 3.05) is 13.2 Å². The van der Waals surface area contributed by atoms with Crippen molar-refractivity contribution in [1.82, 2.24) is 20.2 Å². The van der Waals surface area contributed by atoms with E-state index in [-0.39, 0.29) is 63.4 Å². The molecule has 0 saturated heterocycles. The minimum atomic E-state index is -0.737. The second-order valence-corrected chi connectivity index (χ2v) is 9.24. The van der Waals surface area contributed by atoms with E-state index in [1.807, 2.05) is 0 Å². The Labute approximate surface area is 254 Å². The first kappa shape index (κ1) is 35.3. The fourth-order valence-corrected chi connectivity index (χ4v) is 3.81. The topological polar surface area (TPSA) is 301 Å². The number of esters is 2. The number of aryl methyl sites for hydroxylation is 1. The lowest BCUT2D eigenvalue weighted by Gasteiger charge is -2.11. The fraction of sp³-hybridized carbons (Fsp3) is 0.458. The van der Waals surface area contributed by atoms with E-state index in [0.717, 1.165) is 11.8 Å². The van der Waals surface area contributed by atoms with Gasteiger partial charge in [-0.3, -0.25) is 39.9 Å². The molecule has 0 bridgehead atoms. The maximum atomic E-state index is 11.9. The molecule has 0 radical (unpaired) electrons. The Balaban J connectivity index is 1.60. The van der Waals surface area contributed by atoms with E-state index in [2.05, 4.69) is 30.9 Å². The Morgan fingerprint density at radius 1 is 0.911 bits per heavy atom. The van der Waals surface area contributed by atoms with Gasteiger partial charge < -0.3 is 31.1 Å².